The number of hydrogen-bond donors (Lipinski definition) is 2. The molecule has 2 aromatic rings. The molecule has 0 fully saturated rings. The number of benzene rings is 1. The van der Waals surface area contributed by atoms with E-state index in [1.54, 1.807) is 6.20 Å². The fourth-order valence-electron chi connectivity index (χ4n) is 2.33. The Bertz CT molecular complexity index is 690. The third kappa shape index (κ3) is 3.73. The molecule has 0 radical (unpaired) electrons. The Morgan fingerprint density at radius 1 is 1.23 bits per heavy atom. The highest BCUT2D eigenvalue weighted by Crippen LogP contribution is 2.27. The average molecular weight is 295 g/mol. The second-order valence-electron chi connectivity index (χ2n) is 5.24. The molecule has 0 aliphatic rings. The number of pyridine rings is 1. The molecule has 0 spiro atoms. The van der Waals surface area contributed by atoms with Gasteiger partial charge in [-0.25, -0.2) is 4.79 Å². The van der Waals surface area contributed by atoms with Crippen LogP contribution in [0.5, 0.6) is 0 Å². The minimum atomic E-state index is -0.290. The molecule has 0 saturated carbocycles. The van der Waals surface area contributed by atoms with Gasteiger partial charge in [0, 0.05) is 11.3 Å². The monoisotopic (exact) mass is 295 g/mol. The molecular weight excluding hydrogens is 274 g/mol. The summed E-state index contributed by atoms with van der Waals surface area (Å²) < 4.78 is 0. The summed E-state index contributed by atoms with van der Waals surface area (Å²) in [7, 11) is 0. The third-order valence-corrected chi connectivity index (χ3v) is 3.38. The largest absolute Gasteiger partial charge is 0.323 e. The number of nitrogens with zero attached hydrogens (tertiary/aromatic N) is 1. The van der Waals surface area contributed by atoms with E-state index in [0.717, 1.165) is 28.9 Å². The molecule has 4 nitrogen and oxygen atoms in total. The van der Waals surface area contributed by atoms with E-state index in [1.807, 2.05) is 38.1 Å². The van der Waals surface area contributed by atoms with Gasteiger partial charge in [-0.15, -0.1) is 0 Å². The molecule has 0 unspecified atom stereocenters. The van der Waals surface area contributed by atoms with Crippen LogP contribution in [0.2, 0.25) is 0 Å². The van der Waals surface area contributed by atoms with E-state index < -0.39 is 0 Å². The number of carbonyl (C=O) groups is 1. The van der Waals surface area contributed by atoms with Crippen molar-refractivity contribution in [1.29, 1.82) is 0 Å². The maximum absolute atomic E-state index is 12.2. The predicted molar refractivity (Wildman–Crippen MR) is 92.1 cm³/mol. The standard InChI is InChI=1S/C18H21N3O/c1-5-14-7-6-8-16(17(14)12(2)3)21-18(22)20-15-10-9-13(4)19-11-15/h6-11H,2,5H2,1,3-4H3,(H2,20,21,22). The topological polar surface area (TPSA) is 54.0 Å². The van der Waals surface area contributed by atoms with Crippen LogP contribution in [0, 0.1) is 6.92 Å². The van der Waals surface area contributed by atoms with E-state index in [9.17, 15) is 4.79 Å². The van der Waals surface area contributed by atoms with E-state index in [1.165, 1.54) is 5.56 Å². The van der Waals surface area contributed by atoms with Gasteiger partial charge in [-0.1, -0.05) is 25.6 Å². The molecule has 2 N–H and O–H groups in total. The first-order chi connectivity index (χ1) is 10.5. The summed E-state index contributed by atoms with van der Waals surface area (Å²) in [5.74, 6) is 0. The summed E-state index contributed by atoms with van der Waals surface area (Å²) in [5.41, 5.74) is 5.44. The summed E-state index contributed by atoms with van der Waals surface area (Å²) in [6.07, 6.45) is 2.53. The number of allylic oxidation sites excluding steroid dienone is 1. The lowest BCUT2D eigenvalue weighted by Gasteiger charge is -2.15. The molecule has 0 saturated heterocycles. The molecule has 2 rings (SSSR count). The Labute approximate surface area is 131 Å². The van der Waals surface area contributed by atoms with Crippen molar-refractivity contribution in [3.63, 3.8) is 0 Å². The van der Waals surface area contributed by atoms with Gasteiger partial charge in [-0.05, 0) is 49.6 Å². The highest BCUT2D eigenvalue weighted by atomic mass is 16.2. The molecule has 0 atom stereocenters. The SMILES string of the molecule is C=C(C)c1c(CC)cccc1NC(=O)Nc1ccc(C)nc1. The molecule has 2 amide bonds. The number of urea groups is 1. The minimum Gasteiger partial charge on any atom is -0.307 e. The highest BCUT2D eigenvalue weighted by molar-refractivity contribution is 6.01. The number of aryl methyl sites for hydroxylation is 2. The first kappa shape index (κ1) is 15.8. The van der Waals surface area contributed by atoms with Crippen LogP contribution in [0.3, 0.4) is 0 Å². The zero-order chi connectivity index (χ0) is 16.1. The Hall–Kier alpha value is -2.62. The number of hydrogen-bond acceptors (Lipinski definition) is 2. The first-order valence-corrected chi connectivity index (χ1v) is 7.29. The normalized spacial score (nSPS) is 10.1. The Kier molecular flexibility index (Phi) is 4.94. The van der Waals surface area contributed by atoms with Gasteiger partial charge < -0.3 is 10.6 Å². The van der Waals surface area contributed by atoms with Crippen LogP contribution in [0.4, 0.5) is 16.2 Å². The minimum absolute atomic E-state index is 0.290. The van der Waals surface area contributed by atoms with E-state index >= 15 is 0 Å². The Morgan fingerprint density at radius 3 is 2.59 bits per heavy atom. The summed E-state index contributed by atoms with van der Waals surface area (Å²) in [6, 6.07) is 9.26. The van der Waals surface area contributed by atoms with Crippen LogP contribution in [-0.4, -0.2) is 11.0 Å². The van der Waals surface area contributed by atoms with E-state index in [2.05, 4.69) is 35.2 Å². The van der Waals surface area contributed by atoms with Crippen molar-refractivity contribution >= 4 is 23.0 Å². The van der Waals surface area contributed by atoms with Crippen molar-refractivity contribution in [2.75, 3.05) is 10.6 Å². The second kappa shape index (κ2) is 6.89. The fraction of sp³-hybridized carbons (Fsp3) is 0.222. The lowest BCUT2D eigenvalue weighted by molar-refractivity contribution is 0.262. The predicted octanol–water partition coefficient (Wildman–Crippen LogP) is 4.63. The van der Waals surface area contributed by atoms with Crippen molar-refractivity contribution in [1.82, 2.24) is 4.98 Å². The highest BCUT2D eigenvalue weighted by Gasteiger charge is 2.11. The van der Waals surface area contributed by atoms with Crippen molar-refractivity contribution in [3.05, 3.63) is 59.9 Å². The van der Waals surface area contributed by atoms with E-state index in [0.29, 0.717) is 5.69 Å². The summed E-state index contributed by atoms with van der Waals surface area (Å²) in [6.45, 7) is 9.95. The first-order valence-electron chi connectivity index (χ1n) is 7.29. The fourth-order valence-corrected chi connectivity index (χ4v) is 2.33. The number of anilines is 2. The summed E-state index contributed by atoms with van der Waals surface area (Å²) >= 11 is 0. The molecule has 1 heterocycles. The van der Waals surface area contributed by atoms with Gasteiger partial charge in [-0.2, -0.15) is 0 Å². The van der Waals surface area contributed by atoms with Crippen LogP contribution >= 0.6 is 0 Å². The zero-order valence-corrected chi connectivity index (χ0v) is 13.2. The second-order valence-corrected chi connectivity index (χ2v) is 5.24. The van der Waals surface area contributed by atoms with Crippen molar-refractivity contribution < 1.29 is 4.79 Å². The number of amides is 2. The van der Waals surface area contributed by atoms with Crippen LogP contribution in [-0.2, 0) is 6.42 Å². The van der Waals surface area contributed by atoms with Crippen molar-refractivity contribution in [3.8, 4) is 0 Å². The number of nitrogens with one attached hydrogen (secondary N) is 2. The number of aromatic nitrogens is 1. The van der Waals surface area contributed by atoms with Gasteiger partial charge in [0.2, 0.25) is 0 Å². The maximum atomic E-state index is 12.2. The lowest BCUT2D eigenvalue weighted by atomic mass is 9.98. The van der Waals surface area contributed by atoms with Gasteiger partial charge in [0.25, 0.3) is 0 Å². The molecule has 4 heteroatoms. The molecule has 0 aliphatic carbocycles. The Morgan fingerprint density at radius 2 is 2.00 bits per heavy atom. The number of rotatable bonds is 4. The van der Waals surface area contributed by atoms with E-state index in [-0.39, 0.29) is 6.03 Å². The maximum Gasteiger partial charge on any atom is 0.323 e. The van der Waals surface area contributed by atoms with Gasteiger partial charge in [0.1, 0.15) is 0 Å². The molecule has 0 bridgehead atoms. The Balaban J connectivity index is 2.18. The molecular formula is C18H21N3O. The lowest BCUT2D eigenvalue weighted by Crippen LogP contribution is -2.20. The third-order valence-electron chi connectivity index (χ3n) is 3.38. The van der Waals surface area contributed by atoms with Gasteiger partial charge in [0.15, 0.2) is 0 Å². The molecule has 114 valence electrons. The number of carbonyl (C=O) groups excluding carboxylic acids is 1. The summed E-state index contributed by atoms with van der Waals surface area (Å²) in [5, 5.41) is 5.67. The van der Waals surface area contributed by atoms with Crippen molar-refractivity contribution in [2.45, 2.75) is 27.2 Å². The molecule has 1 aromatic heterocycles. The molecule has 1 aromatic carbocycles. The molecule has 22 heavy (non-hydrogen) atoms. The quantitative estimate of drug-likeness (QED) is 0.864. The molecule has 0 aliphatic heterocycles. The smallest absolute Gasteiger partial charge is 0.307 e. The van der Waals surface area contributed by atoms with Crippen LogP contribution in [0.1, 0.15) is 30.7 Å². The van der Waals surface area contributed by atoms with Crippen LogP contribution in [0.15, 0.2) is 43.1 Å². The van der Waals surface area contributed by atoms with Gasteiger partial charge in [0.05, 0.1) is 17.6 Å². The van der Waals surface area contributed by atoms with E-state index in [4.69, 9.17) is 0 Å². The van der Waals surface area contributed by atoms with Crippen LogP contribution in [0.25, 0.3) is 5.57 Å². The van der Waals surface area contributed by atoms with Crippen molar-refractivity contribution in [2.24, 2.45) is 0 Å². The van der Waals surface area contributed by atoms with Gasteiger partial charge in [-0.3, -0.25) is 4.98 Å². The van der Waals surface area contributed by atoms with Crippen LogP contribution < -0.4 is 10.6 Å². The zero-order valence-electron chi connectivity index (χ0n) is 13.2. The van der Waals surface area contributed by atoms with Gasteiger partial charge >= 0.3 is 6.03 Å². The average Bonchev–Trinajstić information content (AvgIpc) is 2.49. The summed E-state index contributed by atoms with van der Waals surface area (Å²) in [4.78, 5) is 16.3.